The first-order valence-electron chi connectivity index (χ1n) is 4.33. The zero-order valence-corrected chi connectivity index (χ0v) is 9.27. The van der Waals surface area contributed by atoms with Crippen LogP contribution >= 0.6 is 23.2 Å². The van der Waals surface area contributed by atoms with Gasteiger partial charge < -0.3 is 5.32 Å². The van der Waals surface area contributed by atoms with Crippen LogP contribution in [0.25, 0.3) is 0 Å². The molecular weight excluding hydrogens is 221 g/mol. The molecule has 0 bridgehead atoms. The lowest BCUT2D eigenvalue weighted by atomic mass is 10.1. The molecule has 0 saturated heterocycles. The van der Waals surface area contributed by atoms with Crippen LogP contribution in [0.15, 0.2) is 18.2 Å². The molecule has 1 unspecified atom stereocenters. The van der Waals surface area contributed by atoms with E-state index >= 15 is 0 Å². The first-order valence-corrected chi connectivity index (χ1v) is 5.09. The lowest BCUT2D eigenvalue weighted by molar-refractivity contribution is -0.110. The number of carbonyl (C=O) groups is 1. The minimum absolute atomic E-state index is 0.00210. The van der Waals surface area contributed by atoms with Gasteiger partial charge in [0.15, 0.2) is 0 Å². The van der Waals surface area contributed by atoms with Crippen molar-refractivity contribution in [2.45, 2.75) is 19.4 Å². The molecule has 0 fully saturated rings. The molecule has 1 aromatic rings. The predicted molar refractivity (Wildman–Crippen MR) is 58.7 cm³/mol. The topological polar surface area (TPSA) is 29.1 Å². The van der Waals surface area contributed by atoms with Crippen molar-refractivity contribution in [1.82, 2.24) is 5.32 Å². The maximum Gasteiger partial charge on any atom is 0.207 e. The normalized spacial score (nSPS) is 12.2. The molecule has 14 heavy (non-hydrogen) atoms. The summed E-state index contributed by atoms with van der Waals surface area (Å²) in [6.45, 7) is 1.99. The van der Waals surface area contributed by atoms with E-state index < -0.39 is 0 Å². The van der Waals surface area contributed by atoms with Gasteiger partial charge in [-0.05, 0) is 24.1 Å². The summed E-state index contributed by atoms with van der Waals surface area (Å²) < 4.78 is 0. The van der Waals surface area contributed by atoms with Gasteiger partial charge in [0.1, 0.15) is 0 Å². The van der Waals surface area contributed by atoms with Gasteiger partial charge in [-0.15, -0.1) is 0 Å². The molecule has 1 rings (SSSR count). The van der Waals surface area contributed by atoms with E-state index in [0.29, 0.717) is 16.5 Å². The van der Waals surface area contributed by atoms with Crippen LogP contribution in [0.4, 0.5) is 0 Å². The van der Waals surface area contributed by atoms with Crippen molar-refractivity contribution < 1.29 is 4.79 Å². The first kappa shape index (κ1) is 11.3. The molecule has 0 aliphatic carbocycles. The Morgan fingerprint density at radius 2 is 2.14 bits per heavy atom. The molecule has 0 spiro atoms. The summed E-state index contributed by atoms with van der Waals surface area (Å²) in [4.78, 5) is 10.3. The second kappa shape index (κ2) is 5.23. The number of nitrogens with one attached hydrogen (secondary N) is 1. The van der Waals surface area contributed by atoms with E-state index in [0.717, 1.165) is 12.0 Å². The second-order valence-electron chi connectivity index (χ2n) is 2.92. The molecule has 4 heteroatoms. The largest absolute Gasteiger partial charge is 0.352 e. The van der Waals surface area contributed by atoms with E-state index in [9.17, 15) is 4.79 Å². The van der Waals surface area contributed by atoms with Crippen molar-refractivity contribution in [3.8, 4) is 0 Å². The van der Waals surface area contributed by atoms with Gasteiger partial charge >= 0.3 is 0 Å². The Hall–Kier alpha value is -0.730. The molecule has 1 atom stereocenters. The van der Waals surface area contributed by atoms with E-state index in [-0.39, 0.29) is 6.04 Å². The minimum atomic E-state index is 0.00210. The van der Waals surface area contributed by atoms with Crippen molar-refractivity contribution in [2.24, 2.45) is 0 Å². The zero-order chi connectivity index (χ0) is 10.6. The average molecular weight is 232 g/mol. The molecule has 1 N–H and O–H groups in total. The average Bonchev–Trinajstić information content (AvgIpc) is 2.19. The summed E-state index contributed by atoms with van der Waals surface area (Å²) in [5.74, 6) is 0. The highest BCUT2D eigenvalue weighted by molar-refractivity contribution is 6.42. The second-order valence-corrected chi connectivity index (χ2v) is 3.73. The van der Waals surface area contributed by atoms with Crippen molar-refractivity contribution in [2.75, 3.05) is 0 Å². The Kier molecular flexibility index (Phi) is 4.23. The molecule has 0 aliphatic rings. The van der Waals surface area contributed by atoms with Crippen molar-refractivity contribution in [3.05, 3.63) is 33.8 Å². The summed E-state index contributed by atoms with van der Waals surface area (Å²) in [5, 5.41) is 3.75. The van der Waals surface area contributed by atoms with Gasteiger partial charge in [-0.3, -0.25) is 4.79 Å². The standard InChI is InChI=1S/C10H11Cl2NO/c1-2-10(13-6-14)7-3-4-8(11)9(12)5-7/h3-6,10H,2H2,1H3,(H,13,14). The van der Waals surface area contributed by atoms with Crippen LogP contribution in [-0.4, -0.2) is 6.41 Å². The SMILES string of the molecule is CCC(NC=O)c1ccc(Cl)c(Cl)c1. The van der Waals surface area contributed by atoms with Crippen molar-refractivity contribution >= 4 is 29.6 Å². The molecule has 0 radical (unpaired) electrons. The number of carbonyl (C=O) groups excluding carboxylic acids is 1. The molecule has 76 valence electrons. The summed E-state index contributed by atoms with van der Waals surface area (Å²) in [7, 11) is 0. The molecular formula is C10H11Cl2NO. The van der Waals surface area contributed by atoms with Gasteiger partial charge in [0.05, 0.1) is 16.1 Å². The Bertz CT molecular complexity index is 328. The van der Waals surface area contributed by atoms with E-state index in [4.69, 9.17) is 23.2 Å². The van der Waals surface area contributed by atoms with Gasteiger partial charge in [-0.25, -0.2) is 0 Å². The summed E-state index contributed by atoms with van der Waals surface area (Å²) in [5.41, 5.74) is 0.967. The minimum Gasteiger partial charge on any atom is -0.352 e. The van der Waals surface area contributed by atoms with Gasteiger partial charge in [0.2, 0.25) is 6.41 Å². The summed E-state index contributed by atoms with van der Waals surface area (Å²) >= 11 is 11.7. The van der Waals surface area contributed by atoms with Crippen LogP contribution in [0.1, 0.15) is 24.9 Å². The predicted octanol–water partition coefficient (Wildman–Crippen LogP) is 3.19. The first-order chi connectivity index (χ1) is 6.69. The molecule has 0 aliphatic heterocycles. The van der Waals surface area contributed by atoms with E-state index in [1.54, 1.807) is 12.1 Å². The van der Waals surface area contributed by atoms with Gasteiger partial charge in [0.25, 0.3) is 0 Å². The maximum atomic E-state index is 10.3. The Morgan fingerprint density at radius 3 is 2.64 bits per heavy atom. The maximum absolute atomic E-state index is 10.3. The van der Waals surface area contributed by atoms with Crippen LogP contribution in [0, 0.1) is 0 Å². The van der Waals surface area contributed by atoms with Gasteiger partial charge in [-0.2, -0.15) is 0 Å². The Morgan fingerprint density at radius 1 is 1.43 bits per heavy atom. The zero-order valence-electron chi connectivity index (χ0n) is 7.76. The molecule has 2 nitrogen and oxygen atoms in total. The fourth-order valence-electron chi connectivity index (χ4n) is 1.26. The smallest absolute Gasteiger partial charge is 0.207 e. The number of benzene rings is 1. The quantitative estimate of drug-likeness (QED) is 0.793. The molecule has 1 aromatic carbocycles. The van der Waals surface area contributed by atoms with Crippen LogP contribution < -0.4 is 5.32 Å². The number of halogens is 2. The van der Waals surface area contributed by atoms with Crippen LogP contribution in [0.3, 0.4) is 0 Å². The number of rotatable bonds is 4. The number of hydrogen-bond donors (Lipinski definition) is 1. The fourth-order valence-corrected chi connectivity index (χ4v) is 1.57. The van der Waals surface area contributed by atoms with Crippen LogP contribution in [0.2, 0.25) is 10.0 Å². The fraction of sp³-hybridized carbons (Fsp3) is 0.300. The lowest BCUT2D eigenvalue weighted by Gasteiger charge is -2.14. The van der Waals surface area contributed by atoms with Crippen molar-refractivity contribution in [3.63, 3.8) is 0 Å². The molecule has 0 heterocycles. The van der Waals surface area contributed by atoms with E-state index in [1.165, 1.54) is 0 Å². The highest BCUT2D eigenvalue weighted by atomic mass is 35.5. The molecule has 1 amide bonds. The van der Waals surface area contributed by atoms with E-state index in [2.05, 4.69) is 5.32 Å². The number of hydrogen-bond acceptors (Lipinski definition) is 1. The third-order valence-corrected chi connectivity index (χ3v) is 2.76. The number of amides is 1. The summed E-state index contributed by atoms with van der Waals surface area (Å²) in [6, 6.07) is 5.36. The third kappa shape index (κ3) is 2.63. The van der Waals surface area contributed by atoms with E-state index in [1.807, 2.05) is 13.0 Å². The Labute approximate surface area is 93.2 Å². The van der Waals surface area contributed by atoms with Crippen LogP contribution in [0.5, 0.6) is 0 Å². The highest BCUT2D eigenvalue weighted by Crippen LogP contribution is 2.26. The van der Waals surface area contributed by atoms with Crippen molar-refractivity contribution in [1.29, 1.82) is 0 Å². The third-order valence-electron chi connectivity index (χ3n) is 2.02. The molecule has 0 saturated carbocycles. The van der Waals surface area contributed by atoms with Crippen LogP contribution in [-0.2, 0) is 4.79 Å². The van der Waals surface area contributed by atoms with Gasteiger partial charge in [0, 0.05) is 0 Å². The molecule has 0 aromatic heterocycles. The monoisotopic (exact) mass is 231 g/mol. The Balaban J connectivity index is 2.93. The van der Waals surface area contributed by atoms with Gasteiger partial charge in [-0.1, -0.05) is 36.2 Å². The lowest BCUT2D eigenvalue weighted by Crippen LogP contribution is -2.18. The highest BCUT2D eigenvalue weighted by Gasteiger charge is 2.09. The summed E-state index contributed by atoms with van der Waals surface area (Å²) in [6.07, 6.45) is 1.51.